The van der Waals surface area contributed by atoms with Crippen molar-refractivity contribution in [3.05, 3.63) is 91.1 Å². The number of nitrogens with one attached hydrogen (secondary N) is 2. The van der Waals surface area contributed by atoms with Crippen LogP contribution < -0.4 is 10.9 Å². The first-order chi connectivity index (χ1) is 16.0. The van der Waals surface area contributed by atoms with Crippen LogP contribution in [-0.4, -0.2) is 29.2 Å². The molecule has 0 bridgehead atoms. The number of hydrogen-bond donors (Lipinski definition) is 2. The molecule has 6 nitrogen and oxygen atoms in total. The van der Waals surface area contributed by atoms with E-state index in [9.17, 15) is 9.59 Å². The number of amides is 1. The Balaban J connectivity index is 1.55. The zero-order chi connectivity index (χ0) is 23.2. The summed E-state index contributed by atoms with van der Waals surface area (Å²) in [5.74, 6) is 5.93. The van der Waals surface area contributed by atoms with E-state index >= 15 is 0 Å². The van der Waals surface area contributed by atoms with E-state index in [0.717, 1.165) is 10.4 Å². The molecule has 0 atom stereocenters. The van der Waals surface area contributed by atoms with Crippen LogP contribution in [0.15, 0.2) is 64.8 Å². The fraction of sp³-hybridized carbons (Fsp3) is 0.160. The average molecular weight is 476 g/mol. The van der Waals surface area contributed by atoms with E-state index in [0.29, 0.717) is 46.5 Å². The third-order valence-electron chi connectivity index (χ3n) is 4.95. The number of H-pyrrole nitrogens is 1. The molecule has 33 heavy (non-hydrogen) atoms. The second-order valence-corrected chi connectivity index (χ2v) is 8.59. The highest BCUT2D eigenvalue weighted by Crippen LogP contribution is 2.15. The third kappa shape index (κ3) is 5.46. The fourth-order valence-corrected chi connectivity index (χ4v) is 4.18. The molecule has 0 aliphatic carbocycles. The standard InChI is InChI=1S/C25H21N3O3S2/c1-31-13-4-12-28-24(30)21-11-9-18(16-22(21)27-25(28)32)23(29)26-19-6-2-5-17(15-19)8-10-20-7-3-14-33-20/h2-3,5-7,9,11,14-16H,4,12-13H2,1H3,(H,26,29)(H,27,32). The highest BCUT2D eigenvalue weighted by atomic mass is 32.1. The molecule has 166 valence electrons. The summed E-state index contributed by atoms with van der Waals surface area (Å²) in [6.45, 7) is 1.01. The van der Waals surface area contributed by atoms with E-state index in [1.54, 1.807) is 42.7 Å². The number of fused-ring (bicyclic) bond motifs is 1. The van der Waals surface area contributed by atoms with Crippen LogP contribution in [0.5, 0.6) is 0 Å². The summed E-state index contributed by atoms with van der Waals surface area (Å²) in [6, 6.07) is 16.2. The highest BCUT2D eigenvalue weighted by molar-refractivity contribution is 7.71. The minimum absolute atomic E-state index is 0.186. The first kappa shape index (κ1) is 22.7. The Kier molecular flexibility index (Phi) is 7.15. The second kappa shape index (κ2) is 10.4. The summed E-state index contributed by atoms with van der Waals surface area (Å²) in [5.41, 5.74) is 2.20. The van der Waals surface area contributed by atoms with E-state index in [4.69, 9.17) is 17.0 Å². The molecule has 0 unspecified atom stereocenters. The molecule has 2 aromatic carbocycles. The first-order valence-corrected chi connectivity index (χ1v) is 11.6. The Bertz CT molecular complexity index is 1470. The van der Waals surface area contributed by atoms with E-state index in [2.05, 4.69) is 22.1 Å². The predicted octanol–water partition coefficient (Wildman–Crippen LogP) is 4.81. The van der Waals surface area contributed by atoms with Gasteiger partial charge in [0.25, 0.3) is 11.5 Å². The lowest BCUT2D eigenvalue weighted by Gasteiger charge is -2.10. The Morgan fingerprint density at radius 2 is 2.06 bits per heavy atom. The van der Waals surface area contributed by atoms with Crippen molar-refractivity contribution in [2.45, 2.75) is 13.0 Å². The van der Waals surface area contributed by atoms with Gasteiger partial charge in [-0.2, -0.15) is 0 Å². The van der Waals surface area contributed by atoms with Gasteiger partial charge in [0.05, 0.1) is 15.8 Å². The van der Waals surface area contributed by atoms with Gasteiger partial charge in [-0.05, 0) is 66.5 Å². The van der Waals surface area contributed by atoms with Crippen LogP contribution in [-0.2, 0) is 11.3 Å². The van der Waals surface area contributed by atoms with Crippen LogP contribution in [0, 0.1) is 16.6 Å². The van der Waals surface area contributed by atoms with E-state index in [1.807, 2.05) is 35.7 Å². The molecule has 1 amide bonds. The molecule has 4 rings (SSSR count). The fourth-order valence-electron chi connectivity index (χ4n) is 3.33. The molecule has 0 aliphatic rings. The monoisotopic (exact) mass is 475 g/mol. The summed E-state index contributed by atoms with van der Waals surface area (Å²) in [7, 11) is 1.62. The smallest absolute Gasteiger partial charge is 0.262 e. The molecule has 8 heteroatoms. The lowest BCUT2D eigenvalue weighted by molar-refractivity contribution is 0.102. The molecule has 0 saturated heterocycles. The molecule has 0 saturated carbocycles. The topological polar surface area (TPSA) is 76.1 Å². The largest absolute Gasteiger partial charge is 0.385 e. The number of thiophene rings is 1. The summed E-state index contributed by atoms with van der Waals surface area (Å²) in [6.07, 6.45) is 0.677. The van der Waals surface area contributed by atoms with Crippen molar-refractivity contribution in [2.24, 2.45) is 0 Å². The van der Waals surface area contributed by atoms with Crippen molar-refractivity contribution in [3.8, 4) is 11.8 Å². The third-order valence-corrected chi connectivity index (χ3v) is 6.05. The zero-order valence-electron chi connectivity index (χ0n) is 17.9. The Labute approximate surface area is 199 Å². The van der Waals surface area contributed by atoms with Crippen molar-refractivity contribution in [2.75, 3.05) is 19.0 Å². The summed E-state index contributed by atoms with van der Waals surface area (Å²) < 4.78 is 6.88. The minimum Gasteiger partial charge on any atom is -0.385 e. The van der Waals surface area contributed by atoms with Crippen LogP contribution in [0.4, 0.5) is 5.69 Å². The number of carbonyl (C=O) groups is 1. The van der Waals surface area contributed by atoms with Crippen LogP contribution in [0.3, 0.4) is 0 Å². The second-order valence-electron chi connectivity index (χ2n) is 7.26. The number of benzene rings is 2. The lowest BCUT2D eigenvalue weighted by atomic mass is 10.1. The zero-order valence-corrected chi connectivity index (χ0v) is 19.5. The number of ether oxygens (including phenoxy) is 1. The number of aromatic amines is 1. The van der Waals surface area contributed by atoms with Crippen molar-refractivity contribution in [3.63, 3.8) is 0 Å². The molecular formula is C25H21N3O3S2. The summed E-state index contributed by atoms with van der Waals surface area (Å²) >= 11 is 6.93. The normalized spacial score (nSPS) is 10.6. The first-order valence-electron chi connectivity index (χ1n) is 10.3. The molecule has 0 radical (unpaired) electrons. The number of hydrogen-bond acceptors (Lipinski definition) is 5. The van der Waals surface area contributed by atoms with E-state index in [1.165, 1.54) is 4.57 Å². The number of nitrogens with zero attached hydrogens (tertiary/aromatic N) is 1. The van der Waals surface area contributed by atoms with Crippen molar-refractivity contribution in [1.82, 2.24) is 9.55 Å². The quantitative estimate of drug-likeness (QED) is 0.238. The number of anilines is 1. The van der Waals surface area contributed by atoms with E-state index in [-0.39, 0.29) is 11.5 Å². The summed E-state index contributed by atoms with van der Waals surface area (Å²) in [4.78, 5) is 29.7. The van der Waals surface area contributed by atoms with Gasteiger partial charge in [-0.25, -0.2) is 0 Å². The van der Waals surface area contributed by atoms with Crippen molar-refractivity contribution < 1.29 is 9.53 Å². The predicted molar refractivity (Wildman–Crippen MR) is 135 cm³/mol. The number of aromatic nitrogens is 2. The van der Waals surface area contributed by atoms with Gasteiger partial charge in [0.2, 0.25) is 0 Å². The Morgan fingerprint density at radius 3 is 2.85 bits per heavy atom. The van der Waals surface area contributed by atoms with Crippen LogP contribution in [0.25, 0.3) is 10.9 Å². The maximum atomic E-state index is 12.8. The van der Waals surface area contributed by atoms with Gasteiger partial charge >= 0.3 is 0 Å². The van der Waals surface area contributed by atoms with Gasteiger partial charge in [-0.15, -0.1) is 11.3 Å². The Morgan fingerprint density at radius 1 is 1.18 bits per heavy atom. The SMILES string of the molecule is COCCCn1c(=S)[nH]c2cc(C(=O)Nc3cccc(C#Cc4cccs4)c3)ccc2c1=O. The van der Waals surface area contributed by atoms with Gasteiger partial charge in [0.15, 0.2) is 4.77 Å². The maximum Gasteiger partial charge on any atom is 0.262 e. The number of carbonyl (C=O) groups excluding carboxylic acids is 1. The van der Waals surface area contributed by atoms with Crippen molar-refractivity contribution >= 4 is 46.1 Å². The maximum absolute atomic E-state index is 12.8. The van der Waals surface area contributed by atoms with Gasteiger partial charge in [-0.3, -0.25) is 14.2 Å². The molecule has 2 N–H and O–H groups in total. The van der Waals surface area contributed by atoms with Gasteiger partial charge in [0.1, 0.15) is 0 Å². The molecule has 4 aromatic rings. The average Bonchev–Trinajstić information content (AvgIpc) is 3.33. The van der Waals surface area contributed by atoms with Crippen molar-refractivity contribution in [1.29, 1.82) is 0 Å². The van der Waals surface area contributed by atoms with Crippen LogP contribution >= 0.6 is 23.6 Å². The van der Waals surface area contributed by atoms with Gasteiger partial charge < -0.3 is 15.0 Å². The summed E-state index contributed by atoms with van der Waals surface area (Å²) in [5, 5.41) is 5.35. The van der Waals surface area contributed by atoms with Gasteiger partial charge in [-0.1, -0.05) is 24.0 Å². The molecule has 0 fully saturated rings. The minimum atomic E-state index is -0.288. The molecule has 2 aromatic heterocycles. The van der Waals surface area contributed by atoms with Crippen LogP contribution in [0.1, 0.15) is 27.2 Å². The Hall–Kier alpha value is -3.51. The van der Waals surface area contributed by atoms with Crippen LogP contribution in [0.2, 0.25) is 0 Å². The number of methoxy groups -OCH3 is 1. The highest BCUT2D eigenvalue weighted by Gasteiger charge is 2.11. The molecule has 0 spiro atoms. The number of rotatable bonds is 6. The molecule has 0 aliphatic heterocycles. The molecular weight excluding hydrogens is 454 g/mol. The van der Waals surface area contributed by atoms with Gasteiger partial charge in [0, 0.05) is 37.1 Å². The lowest BCUT2D eigenvalue weighted by Crippen LogP contribution is -2.23. The van der Waals surface area contributed by atoms with E-state index < -0.39 is 0 Å². The molecule has 2 heterocycles.